The Hall–Kier alpha value is -3.80. The number of pyridine rings is 1. The van der Waals surface area contributed by atoms with Crippen molar-refractivity contribution >= 4 is 28.9 Å². The number of hydrogen-bond donors (Lipinski definition) is 3. The summed E-state index contributed by atoms with van der Waals surface area (Å²) in [5, 5.41) is 7.07. The van der Waals surface area contributed by atoms with Gasteiger partial charge < -0.3 is 30.9 Å². The molecule has 3 saturated heterocycles. The molecule has 5 heterocycles. The fraction of sp³-hybridized carbons (Fsp3) is 0.543. The fourth-order valence-corrected chi connectivity index (χ4v) is 7.64. The van der Waals surface area contributed by atoms with Gasteiger partial charge in [-0.05, 0) is 88.4 Å². The molecule has 1 spiro atoms. The molecule has 1 aliphatic carbocycles. The maximum Gasteiger partial charge on any atom is 0.271 e. The minimum atomic E-state index is -0.627. The molecule has 0 bridgehead atoms. The highest BCUT2D eigenvalue weighted by Gasteiger charge is 2.41. The number of nitrogens with zero attached hydrogens (tertiary/aromatic N) is 6. The number of carbonyl (C=O) groups is 1. The predicted molar refractivity (Wildman–Crippen MR) is 182 cm³/mol. The number of likely N-dealkylation sites (N-methyl/N-ethyl adjacent to an activating group) is 1. The quantitative estimate of drug-likeness (QED) is 0.334. The van der Waals surface area contributed by atoms with Crippen LogP contribution in [0.1, 0.15) is 54.6 Å². The molecule has 3 aliphatic heterocycles. The van der Waals surface area contributed by atoms with Crippen molar-refractivity contribution in [3.05, 3.63) is 54.0 Å². The average molecular weight is 626 g/mol. The van der Waals surface area contributed by atoms with Crippen molar-refractivity contribution in [1.29, 1.82) is 0 Å². The summed E-state index contributed by atoms with van der Waals surface area (Å²) in [6, 6.07) is 11.1. The summed E-state index contributed by atoms with van der Waals surface area (Å²) in [6.45, 7) is 10.7. The number of nitrogens with two attached hydrogens (primary N) is 1. The molecule has 0 unspecified atom stereocenters. The first-order valence-corrected chi connectivity index (χ1v) is 16.9. The van der Waals surface area contributed by atoms with E-state index < -0.39 is 5.91 Å². The number of ether oxygens (including phenoxy) is 1. The highest BCUT2D eigenvalue weighted by molar-refractivity contribution is 5.97. The van der Waals surface area contributed by atoms with E-state index in [2.05, 4.69) is 62.5 Å². The van der Waals surface area contributed by atoms with Crippen LogP contribution in [0.2, 0.25) is 0 Å². The monoisotopic (exact) mass is 625 g/mol. The molecule has 46 heavy (non-hydrogen) atoms. The number of rotatable bonds is 8. The molecule has 4 aliphatic rings. The zero-order valence-electron chi connectivity index (χ0n) is 27.2. The van der Waals surface area contributed by atoms with Crippen molar-refractivity contribution in [3.8, 4) is 11.3 Å². The van der Waals surface area contributed by atoms with Crippen molar-refractivity contribution in [2.45, 2.75) is 57.5 Å². The SMILES string of the molecule is Cc1cc(Nc2nc(NC3CCC4(CC3)COC4)c(-c3ccncc3)nc2C(N)=O)ccc1N1CCC(N2CCN(C)CC2)CC1. The van der Waals surface area contributed by atoms with Crippen molar-refractivity contribution < 1.29 is 9.53 Å². The van der Waals surface area contributed by atoms with E-state index in [0.717, 1.165) is 76.3 Å². The molecule has 244 valence electrons. The van der Waals surface area contributed by atoms with Gasteiger partial charge in [0.1, 0.15) is 5.69 Å². The van der Waals surface area contributed by atoms with Gasteiger partial charge in [-0.25, -0.2) is 9.97 Å². The molecular formula is C35H47N9O2. The second kappa shape index (κ2) is 13.1. The summed E-state index contributed by atoms with van der Waals surface area (Å²) in [5.74, 6) is 0.367. The van der Waals surface area contributed by atoms with Crippen LogP contribution in [0, 0.1) is 12.3 Å². The molecule has 4 fully saturated rings. The van der Waals surface area contributed by atoms with Gasteiger partial charge in [0.2, 0.25) is 0 Å². The lowest BCUT2D eigenvalue weighted by Crippen LogP contribution is -2.52. The van der Waals surface area contributed by atoms with Crippen LogP contribution in [-0.4, -0.2) is 102 Å². The van der Waals surface area contributed by atoms with E-state index in [1.54, 1.807) is 12.4 Å². The zero-order valence-corrected chi connectivity index (χ0v) is 27.2. The summed E-state index contributed by atoms with van der Waals surface area (Å²) in [4.78, 5) is 34.3. The van der Waals surface area contributed by atoms with Gasteiger partial charge >= 0.3 is 0 Å². The number of primary amides is 1. The lowest BCUT2D eigenvalue weighted by atomic mass is 9.71. The Bertz CT molecular complexity index is 1520. The topological polar surface area (TPSA) is 125 Å². The second-order valence-corrected chi connectivity index (χ2v) is 13.8. The molecule has 0 radical (unpaired) electrons. The number of carbonyl (C=O) groups excluding carboxylic acids is 1. The Labute approximate surface area is 271 Å². The molecular weight excluding hydrogens is 578 g/mol. The van der Waals surface area contributed by atoms with Crippen LogP contribution < -0.4 is 21.3 Å². The van der Waals surface area contributed by atoms with E-state index in [1.165, 1.54) is 37.2 Å². The lowest BCUT2D eigenvalue weighted by molar-refractivity contribution is -0.131. The fourth-order valence-electron chi connectivity index (χ4n) is 7.64. The number of anilines is 4. The number of piperazine rings is 1. The van der Waals surface area contributed by atoms with Crippen LogP contribution in [0.25, 0.3) is 11.3 Å². The predicted octanol–water partition coefficient (Wildman–Crippen LogP) is 4.28. The second-order valence-electron chi connectivity index (χ2n) is 13.8. The Morgan fingerprint density at radius 2 is 1.65 bits per heavy atom. The minimum absolute atomic E-state index is 0.110. The Morgan fingerprint density at radius 3 is 2.28 bits per heavy atom. The Morgan fingerprint density at radius 1 is 0.935 bits per heavy atom. The molecule has 1 saturated carbocycles. The van der Waals surface area contributed by atoms with Gasteiger partial charge in [-0.3, -0.25) is 14.7 Å². The summed E-state index contributed by atoms with van der Waals surface area (Å²) in [7, 11) is 2.22. The van der Waals surface area contributed by atoms with Crippen LogP contribution in [0.3, 0.4) is 0 Å². The molecule has 7 rings (SSSR count). The van der Waals surface area contributed by atoms with Crippen molar-refractivity contribution in [2.24, 2.45) is 11.1 Å². The molecule has 11 heteroatoms. The zero-order chi connectivity index (χ0) is 31.7. The highest BCUT2D eigenvalue weighted by atomic mass is 16.5. The molecule has 0 atom stereocenters. The van der Waals surface area contributed by atoms with E-state index in [1.807, 2.05) is 12.1 Å². The van der Waals surface area contributed by atoms with E-state index in [0.29, 0.717) is 28.8 Å². The number of benzene rings is 1. The smallest absolute Gasteiger partial charge is 0.271 e. The third-order valence-electron chi connectivity index (χ3n) is 10.6. The molecule has 3 aromatic rings. The van der Waals surface area contributed by atoms with Gasteiger partial charge in [-0.2, -0.15) is 0 Å². The molecule has 1 amide bonds. The Kier molecular flexibility index (Phi) is 8.80. The van der Waals surface area contributed by atoms with E-state index in [9.17, 15) is 4.79 Å². The van der Waals surface area contributed by atoms with Crippen molar-refractivity contribution in [2.75, 3.05) is 75.1 Å². The summed E-state index contributed by atoms with van der Waals surface area (Å²) < 4.78 is 5.53. The maximum atomic E-state index is 12.7. The van der Waals surface area contributed by atoms with Gasteiger partial charge in [0.25, 0.3) is 5.91 Å². The van der Waals surface area contributed by atoms with Crippen molar-refractivity contribution in [1.82, 2.24) is 24.8 Å². The van der Waals surface area contributed by atoms with Crippen LogP contribution in [0.4, 0.5) is 23.0 Å². The maximum absolute atomic E-state index is 12.7. The summed E-state index contributed by atoms with van der Waals surface area (Å²) in [5.41, 5.74) is 11.1. The first kappa shape index (κ1) is 30.8. The van der Waals surface area contributed by atoms with Gasteiger partial charge in [-0.15, -0.1) is 0 Å². The Balaban J connectivity index is 1.09. The number of aromatic nitrogens is 3. The standard InChI is InChI=1S/C35H47N9O2/c1-24-21-27(3-4-29(24)44-15-9-28(10-16-44)43-19-17-42(2)18-20-43)39-34-31(32(36)45)40-30(25-7-13-37-14-8-25)33(41-34)38-26-5-11-35(12-6-26)22-46-23-35/h3-4,7-8,13-14,21,26,28H,5-6,9-12,15-20,22-23H2,1-2H3,(H2,36,45)(H2,38,39,41). The van der Waals surface area contributed by atoms with E-state index in [-0.39, 0.29) is 11.7 Å². The lowest BCUT2D eigenvalue weighted by Gasteiger charge is -2.46. The average Bonchev–Trinajstić information content (AvgIpc) is 3.05. The third kappa shape index (κ3) is 6.54. The van der Waals surface area contributed by atoms with E-state index >= 15 is 0 Å². The minimum Gasteiger partial charge on any atom is -0.380 e. The van der Waals surface area contributed by atoms with Gasteiger partial charge in [0, 0.05) is 86.1 Å². The summed E-state index contributed by atoms with van der Waals surface area (Å²) >= 11 is 0. The largest absolute Gasteiger partial charge is 0.380 e. The first-order chi connectivity index (χ1) is 22.4. The van der Waals surface area contributed by atoms with Crippen LogP contribution in [0.5, 0.6) is 0 Å². The first-order valence-electron chi connectivity index (χ1n) is 16.9. The normalized spacial score (nSPS) is 21.2. The number of hydrogen-bond acceptors (Lipinski definition) is 10. The molecule has 4 N–H and O–H groups in total. The highest BCUT2D eigenvalue weighted by Crippen LogP contribution is 2.43. The number of piperidine rings is 1. The summed E-state index contributed by atoms with van der Waals surface area (Å²) in [6.07, 6.45) is 10.2. The van der Waals surface area contributed by atoms with Crippen molar-refractivity contribution in [3.63, 3.8) is 0 Å². The van der Waals surface area contributed by atoms with Crippen LogP contribution in [0.15, 0.2) is 42.7 Å². The number of aryl methyl sites for hydroxylation is 1. The van der Waals surface area contributed by atoms with E-state index in [4.69, 9.17) is 20.4 Å². The van der Waals surface area contributed by atoms with Gasteiger partial charge in [0.05, 0.1) is 13.2 Å². The molecule has 2 aromatic heterocycles. The van der Waals surface area contributed by atoms with Crippen LogP contribution >= 0.6 is 0 Å². The van der Waals surface area contributed by atoms with Gasteiger partial charge in [0.15, 0.2) is 17.3 Å². The number of amides is 1. The van der Waals surface area contributed by atoms with Gasteiger partial charge in [-0.1, -0.05) is 0 Å². The molecule has 1 aromatic carbocycles. The van der Waals surface area contributed by atoms with Crippen LogP contribution in [-0.2, 0) is 4.74 Å². The number of nitrogens with one attached hydrogen (secondary N) is 2. The third-order valence-corrected chi connectivity index (χ3v) is 10.6. The molecule has 11 nitrogen and oxygen atoms in total.